The third-order valence-electron chi connectivity index (χ3n) is 9.70. The number of carbonyl (C=O) groups is 2. The highest BCUT2D eigenvalue weighted by Crippen LogP contribution is 2.49. The van der Waals surface area contributed by atoms with Gasteiger partial charge in [-0.05, 0) is 103 Å². The molecular weight excluding hydrogens is 821 g/mol. The van der Waals surface area contributed by atoms with E-state index in [9.17, 15) is 9.59 Å². The van der Waals surface area contributed by atoms with Crippen molar-refractivity contribution in [1.29, 1.82) is 0 Å². The first-order chi connectivity index (χ1) is 27.3. The average Bonchev–Trinajstić information content (AvgIpc) is 3.11. The van der Waals surface area contributed by atoms with Crippen LogP contribution in [0, 0.1) is 0 Å². The highest BCUT2D eigenvalue weighted by atomic mass is 28.4. The molecule has 0 spiro atoms. The molecule has 2 aromatic carbocycles. The smallest absolute Gasteiger partial charge is 0.410 e. The zero-order valence-corrected chi connectivity index (χ0v) is 41.8. The maximum atomic E-state index is 14.4. The molecule has 1 saturated heterocycles. The molecule has 0 aromatic heterocycles. The normalized spacial score (nSPS) is 28.7. The number of hydrogen-bond donors (Lipinski definition) is 0. The summed E-state index contributed by atoms with van der Waals surface area (Å²) < 4.78 is 61.5. The van der Waals surface area contributed by atoms with Crippen molar-refractivity contribution >= 4 is 45.5 Å². The third-order valence-corrected chi connectivity index (χ3v) is 13.4. The Morgan fingerprint density at radius 1 is 0.627 bits per heavy atom. The fraction of sp³-hybridized carbons (Fsp3) is 0.619. The van der Waals surface area contributed by atoms with Crippen molar-refractivity contribution in [2.24, 2.45) is 0 Å². The van der Waals surface area contributed by atoms with Crippen LogP contribution in [0.15, 0.2) is 72.5 Å². The zero-order valence-electron chi connectivity index (χ0n) is 37.8. The second-order valence-corrected chi connectivity index (χ2v) is 37.4. The molecule has 2 amide bonds. The Bertz CT molecular complexity index is 1760. The number of rotatable bonds is 14. The monoisotopic (exact) mass is 888 g/mol. The Labute approximate surface area is 356 Å². The number of benzene rings is 2. The average molecular weight is 889 g/mol. The van der Waals surface area contributed by atoms with Gasteiger partial charge in [0.15, 0.2) is 25.0 Å². The Hall–Kier alpha value is -2.85. The summed E-state index contributed by atoms with van der Waals surface area (Å²) in [5, 5.41) is 0. The maximum absolute atomic E-state index is 14.4. The number of fused-ring (bicyclic) bond motifs is 2. The third kappa shape index (κ3) is 12.2. The molecule has 5 rings (SSSR count). The van der Waals surface area contributed by atoms with Crippen molar-refractivity contribution in [2.45, 2.75) is 153 Å². The van der Waals surface area contributed by atoms with E-state index in [0.29, 0.717) is 5.76 Å². The second kappa shape index (κ2) is 18.2. The first-order valence-corrected chi connectivity index (χ1v) is 34.2. The molecule has 0 radical (unpaired) electrons. The quantitative estimate of drug-likeness (QED) is 0.170. The summed E-state index contributed by atoms with van der Waals surface area (Å²) in [6.45, 7) is 27.1. The van der Waals surface area contributed by atoms with Crippen LogP contribution in [0.1, 0.15) is 18.1 Å². The van der Waals surface area contributed by atoms with Crippen molar-refractivity contribution in [3.63, 3.8) is 0 Å². The van der Waals surface area contributed by atoms with Crippen molar-refractivity contribution < 1.29 is 51.0 Å². The van der Waals surface area contributed by atoms with Crippen LogP contribution in [0.5, 0.6) is 0 Å². The van der Waals surface area contributed by atoms with E-state index in [1.54, 1.807) is 19.0 Å². The SMILES string of the molecule is CC1C=C(O[Si](C)(C)C)[C@]2(O[Si](C)(C)C)O[C@H]3[C@H](O[C@@H]2O1)[C@@H](O[Si](C)(C)C)[C@H](N(C)C(=O)OCc1ccccc1)[C@H](O[Si](C)(C)C)[C@@H]3N(C)C(=O)OCc1ccccc1. The first kappa shape index (κ1) is 47.2. The molecule has 1 aliphatic carbocycles. The lowest BCUT2D eigenvalue weighted by molar-refractivity contribution is -0.421. The Balaban J connectivity index is 1.70. The summed E-state index contributed by atoms with van der Waals surface area (Å²) in [6, 6.07) is 17.3. The molecular formula is C42H68N2O11Si4. The molecule has 13 nitrogen and oxygen atoms in total. The van der Waals surface area contributed by atoms with Crippen LogP contribution in [-0.2, 0) is 54.6 Å². The number of ether oxygens (including phenoxy) is 5. The lowest BCUT2D eigenvalue weighted by Crippen LogP contribution is -2.80. The van der Waals surface area contributed by atoms with Gasteiger partial charge in [-0.3, -0.25) is 0 Å². The minimum Gasteiger partial charge on any atom is -0.544 e. The summed E-state index contributed by atoms with van der Waals surface area (Å²) in [4.78, 5) is 31.8. The number of hydrogen-bond acceptors (Lipinski definition) is 11. The molecule has 2 fully saturated rings. The summed E-state index contributed by atoms with van der Waals surface area (Å²) >= 11 is 0. The van der Waals surface area contributed by atoms with Crippen LogP contribution in [-0.4, -0.2) is 124 Å². The van der Waals surface area contributed by atoms with Crippen molar-refractivity contribution in [2.75, 3.05) is 14.1 Å². The lowest BCUT2D eigenvalue weighted by Gasteiger charge is -2.61. The van der Waals surface area contributed by atoms with E-state index in [1.165, 1.54) is 4.90 Å². The maximum Gasteiger partial charge on any atom is 0.410 e. The van der Waals surface area contributed by atoms with Gasteiger partial charge in [0, 0.05) is 14.1 Å². The van der Waals surface area contributed by atoms with Crippen molar-refractivity contribution in [3.8, 4) is 0 Å². The molecule has 2 aromatic rings. The van der Waals surface area contributed by atoms with Gasteiger partial charge in [-0.2, -0.15) is 0 Å². The topological polar surface area (TPSA) is 124 Å². The first-order valence-electron chi connectivity index (χ1n) is 20.6. The number of likely N-dealkylation sites (N-methyl/N-ethyl adjacent to an activating group) is 2. The molecule has 2 aliphatic heterocycles. The molecule has 59 heavy (non-hydrogen) atoms. The van der Waals surface area contributed by atoms with Gasteiger partial charge in [0.2, 0.25) is 14.6 Å². The van der Waals surface area contributed by atoms with Crippen molar-refractivity contribution in [3.05, 3.63) is 83.6 Å². The minimum atomic E-state index is -2.50. The number of carbonyl (C=O) groups excluding carboxylic acids is 2. The van der Waals surface area contributed by atoms with Crippen LogP contribution < -0.4 is 0 Å². The van der Waals surface area contributed by atoms with Crippen LogP contribution in [0.3, 0.4) is 0 Å². The van der Waals surface area contributed by atoms with E-state index in [2.05, 4.69) is 78.6 Å². The molecule has 17 heteroatoms. The van der Waals surface area contributed by atoms with E-state index in [1.807, 2.05) is 73.7 Å². The Morgan fingerprint density at radius 2 is 1.10 bits per heavy atom. The van der Waals surface area contributed by atoms with E-state index in [4.69, 9.17) is 41.4 Å². The Morgan fingerprint density at radius 3 is 1.56 bits per heavy atom. The second-order valence-electron chi connectivity index (χ2n) is 19.7. The van der Waals surface area contributed by atoms with Gasteiger partial charge in [0.25, 0.3) is 5.79 Å². The largest absolute Gasteiger partial charge is 0.544 e. The molecule has 0 bridgehead atoms. The van der Waals surface area contributed by atoms with E-state index in [0.717, 1.165) is 11.1 Å². The van der Waals surface area contributed by atoms with Crippen LogP contribution >= 0.6 is 0 Å². The predicted molar refractivity (Wildman–Crippen MR) is 237 cm³/mol. The van der Waals surface area contributed by atoms with Gasteiger partial charge in [-0.15, -0.1) is 0 Å². The number of amides is 2. The fourth-order valence-electron chi connectivity index (χ4n) is 7.66. The van der Waals surface area contributed by atoms with Crippen LogP contribution in [0.2, 0.25) is 78.6 Å². The van der Waals surface area contributed by atoms with E-state index < -0.39 is 100 Å². The molecule has 1 saturated carbocycles. The molecule has 2 heterocycles. The van der Waals surface area contributed by atoms with Crippen LogP contribution in [0.25, 0.3) is 0 Å². The van der Waals surface area contributed by atoms with Gasteiger partial charge in [-0.25, -0.2) is 9.59 Å². The zero-order chi connectivity index (χ0) is 43.7. The molecule has 3 aliphatic rings. The summed E-state index contributed by atoms with van der Waals surface area (Å²) in [7, 11) is -6.35. The molecule has 0 N–H and O–H groups in total. The van der Waals surface area contributed by atoms with Gasteiger partial charge in [0.1, 0.15) is 31.2 Å². The minimum absolute atomic E-state index is 0.0473. The highest BCUT2D eigenvalue weighted by Gasteiger charge is 2.68. The van der Waals surface area contributed by atoms with Crippen molar-refractivity contribution in [1.82, 2.24) is 9.80 Å². The van der Waals surface area contributed by atoms with Gasteiger partial charge >= 0.3 is 12.2 Å². The molecule has 9 atom stereocenters. The van der Waals surface area contributed by atoms with Gasteiger partial charge in [-0.1, -0.05) is 60.7 Å². The van der Waals surface area contributed by atoms with Crippen LogP contribution in [0.4, 0.5) is 9.59 Å². The Kier molecular flexibility index (Phi) is 14.6. The van der Waals surface area contributed by atoms with E-state index >= 15 is 0 Å². The summed E-state index contributed by atoms with van der Waals surface area (Å²) in [5.41, 5.74) is 1.68. The summed E-state index contributed by atoms with van der Waals surface area (Å²) in [5.74, 6) is -1.14. The van der Waals surface area contributed by atoms with E-state index in [-0.39, 0.29) is 13.2 Å². The predicted octanol–water partition coefficient (Wildman–Crippen LogP) is 8.53. The van der Waals surface area contributed by atoms with Gasteiger partial charge < -0.3 is 51.2 Å². The highest BCUT2D eigenvalue weighted by molar-refractivity contribution is 6.71. The molecule has 328 valence electrons. The lowest BCUT2D eigenvalue weighted by atomic mass is 9.79. The standard InChI is InChI=1S/C42H68N2O11Si4/c1-29-26-32(52-56(4,5)6)42(55-59(13,14)15)39(49-29)50-38-36(51-42)33(43(2)40(45)47-27-30-22-18-16-19-23-30)35(53-57(7,8)9)34(37(38)54-58(10,11)12)44(3)41(46)48-28-31-24-20-17-21-25-31/h16-26,29,33-39H,27-28H2,1-15H3/t29?,33-,34+,35+,36+,37-,38-,39-,42+/m0/s1. The number of nitrogens with zero attached hydrogens (tertiary/aromatic N) is 2. The fourth-order valence-corrected chi connectivity index (χ4v) is 11.9. The molecule has 1 unspecified atom stereocenters. The summed E-state index contributed by atoms with van der Waals surface area (Å²) in [6.07, 6.45) is -4.31. The van der Waals surface area contributed by atoms with Gasteiger partial charge in [0.05, 0.1) is 30.4 Å².